The van der Waals surface area contributed by atoms with E-state index in [2.05, 4.69) is 11.9 Å². The number of amides is 1. The van der Waals surface area contributed by atoms with Gasteiger partial charge in [-0.2, -0.15) is 0 Å². The third-order valence-corrected chi connectivity index (χ3v) is 4.14. The van der Waals surface area contributed by atoms with Gasteiger partial charge in [0.2, 0.25) is 0 Å². The van der Waals surface area contributed by atoms with Gasteiger partial charge in [-0.1, -0.05) is 6.92 Å². The summed E-state index contributed by atoms with van der Waals surface area (Å²) in [5.41, 5.74) is 2.38. The van der Waals surface area contributed by atoms with Crippen molar-refractivity contribution in [2.75, 3.05) is 13.1 Å². The molecule has 0 aromatic carbocycles. The van der Waals surface area contributed by atoms with Crippen molar-refractivity contribution in [1.82, 2.24) is 9.88 Å². The third kappa shape index (κ3) is 3.34. The molecule has 1 amide bonds. The molecule has 122 valence electrons. The smallest absolute Gasteiger partial charge is 0.340 e. The first-order valence-corrected chi connectivity index (χ1v) is 8.00. The Kier molecular flexibility index (Phi) is 4.94. The molecule has 1 fully saturated rings. The van der Waals surface area contributed by atoms with E-state index in [0.717, 1.165) is 19.5 Å². The zero-order valence-electron chi connectivity index (χ0n) is 14.2. The first-order chi connectivity index (χ1) is 10.3. The Labute approximate surface area is 132 Å². The summed E-state index contributed by atoms with van der Waals surface area (Å²) in [5.74, 6) is 0.141. The van der Waals surface area contributed by atoms with Gasteiger partial charge in [0, 0.05) is 18.8 Å². The molecule has 1 aromatic heterocycles. The van der Waals surface area contributed by atoms with Crippen LogP contribution in [0.2, 0.25) is 0 Å². The van der Waals surface area contributed by atoms with Crippen LogP contribution < -0.4 is 0 Å². The number of aromatic amines is 1. The highest BCUT2D eigenvalue weighted by molar-refractivity contribution is 6.00. The topological polar surface area (TPSA) is 62.4 Å². The fourth-order valence-electron chi connectivity index (χ4n) is 3.08. The van der Waals surface area contributed by atoms with Crippen LogP contribution in [-0.2, 0) is 4.74 Å². The lowest BCUT2D eigenvalue weighted by Crippen LogP contribution is -2.39. The zero-order valence-corrected chi connectivity index (χ0v) is 14.2. The lowest BCUT2D eigenvalue weighted by atomic mass is 9.99. The summed E-state index contributed by atoms with van der Waals surface area (Å²) >= 11 is 0. The van der Waals surface area contributed by atoms with E-state index in [0.29, 0.717) is 28.4 Å². The lowest BCUT2D eigenvalue weighted by Gasteiger charge is -2.30. The van der Waals surface area contributed by atoms with E-state index < -0.39 is 0 Å². The highest BCUT2D eigenvalue weighted by Gasteiger charge is 2.28. The zero-order chi connectivity index (χ0) is 16.4. The van der Waals surface area contributed by atoms with Gasteiger partial charge >= 0.3 is 5.97 Å². The van der Waals surface area contributed by atoms with Crippen LogP contribution in [-0.4, -0.2) is 41.0 Å². The first-order valence-electron chi connectivity index (χ1n) is 8.00. The Balaban J connectivity index is 2.25. The maximum absolute atomic E-state index is 12.7. The number of ether oxygens (including phenoxy) is 1. The quantitative estimate of drug-likeness (QED) is 0.873. The molecule has 1 aromatic rings. The van der Waals surface area contributed by atoms with Crippen molar-refractivity contribution in [1.29, 1.82) is 0 Å². The number of nitrogens with one attached hydrogen (secondary N) is 1. The van der Waals surface area contributed by atoms with E-state index >= 15 is 0 Å². The second-order valence-electron chi connectivity index (χ2n) is 6.58. The maximum atomic E-state index is 12.7. The number of carbonyl (C=O) groups is 2. The van der Waals surface area contributed by atoms with Gasteiger partial charge < -0.3 is 14.6 Å². The largest absolute Gasteiger partial charge is 0.459 e. The number of carbonyl (C=O) groups excluding carboxylic acids is 2. The van der Waals surface area contributed by atoms with Crippen LogP contribution in [0.25, 0.3) is 0 Å². The maximum Gasteiger partial charge on any atom is 0.340 e. The molecule has 2 heterocycles. The van der Waals surface area contributed by atoms with Crippen LogP contribution in [0.5, 0.6) is 0 Å². The minimum atomic E-state index is -0.368. The average Bonchev–Trinajstić information content (AvgIpc) is 2.72. The van der Waals surface area contributed by atoms with Crippen LogP contribution in [0.3, 0.4) is 0 Å². The molecule has 5 heteroatoms. The summed E-state index contributed by atoms with van der Waals surface area (Å²) in [6, 6.07) is 0. The van der Waals surface area contributed by atoms with Crippen molar-refractivity contribution < 1.29 is 14.3 Å². The normalized spacial score (nSPS) is 18.6. The summed E-state index contributed by atoms with van der Waals surface area (Å²) < 4.78 is 5.27. The molecule has 0 radical (unpaired) electrons. The highest BCUT2D eigenvalue weighted by atomic mass is 16.5. The molecular formula is C17H26N2O3. The van der Waals surface area contributed by atoms with Crippen molar-refractivity contribution >= 4 is 11.9 Å². The van der Waals surface area contributed by atoms with Crippen LogP contribution >= 0.6 is 0 Å². The number of esters is 1. The van der Waals surface area contributed by atoms with Gasteiger partial charge in [0.1, 0.15) is 5.69 Å². The van der Waals surface area contributed by atoms with E-state index in [1.165, 1.54) is 6.42 Å². The number of likely N-dealkylation sites (tertiary alicyclic amines) is 1. The highest BCUT2D eigenvalue weighted by Crippen LogP contribution is 2.23. The standard InChI is InChI=1S/C17H26N2O3/c1-10(2)22-17(21)14-12(4)15(18-13(14)5)16(20)19-8-6-7-11(3)9-19/h10-11,18H,6-9H2,1-5H3/t11-/m0/s1. The van der Waals surface area contributed by atoms with E-state index in [9.17, 15) is 9.59 Å². The molecule has 0 bridgehead atoms. The minimum Gasteiger partial charge on any atom is -0.459 e. The molecule has 1 aliphatic rings. The van der Waals surface area contributed by atoms with Crippen molar-refractivity contribution in [3.63, 3.8) is 0 Å². The summed E-state index contributed by atoms with van der Waals surface area (Å²) in [7, 11) is 0. The number of rotatable bonds is 3. The second kappa shape index (κ2) is 6.55. The van der Waals surface area contributed by atoms with Gasteiger partial charge in [-0.25, -0.2) is 4.79 Å². The Bertz CT molecular complexity index is 575. The minimum absolute atomic E-state index is 0.0178. The Hall–Kier alpha value is -1.78. The summed E-state index contributed by atoms with van der Waals surface area (Å²) in [5, 5.41) is 0. The molecule has 0 unspecified atom stereocenters. The molecule has 0 saturated carbocycles. The predicted octanol–water partition coefficient (Wildman–Crippen LogP) is 3.07. The van der Waals surface area contributed by atoms with Crippen LogP contribution in [0, 0.1) is 19.8 Å². The van der Waals surface area contributed by atoms with Crippen molar-refractivity contribution in [2.45, 2.75) is 53.6 Å². The van der Waals surface area contributed by atoms with Crippen LogP contribution in [0.15, 0.2) is 0 Å². The molecule has 0 aliphatic carbocycles. The SMILES string of the molecule is Cc1[nH]c(C(=O)N2CCC[C@H](C)C2)c(C)c1C(=O)OC(C)C. The number of hydrogen-bond acceptors (Lipinski definition) is 3. The molecular weight excluding hydrogens is 280 g/mol. The number of piperidine rings is 1. The molecule has 5 nitrogen and oxygen atoms in total. The first kappa shape index (κ1) is 16.6. The Morgan fingerprint density at radius 2 is 2.00 bits per heavy atom. The Morgan fingerprint density at radius 1 is 1.32 bits per heavy atom. The molecule has 1 aliphatic heterocycles. The number of nitrogens with zero attached hydrogens (tertiary/aromatic N) is 1. The molecule has 1 atom stereocenters. The fraction of sp³-hybridized carbons (Fsp3) is 0.647. The lowest BCUT2D eigenvalue weighted by molar-refractivity contribution is 0.0376. The summed E-state index contributed by atoms with van der Waals surface area (Å²) in [4.78, 5) is 29.9. The van der Waals surface area contributed by atoms with Crippen molar-refractivity contribution in [3.8, 4) is 0 Å². The van der Waals surface area contributed by atoms with E-state index in [1.54, 1.807) is 13.8 Å². The summed E-state index contributed by atoms with van der Waals surface area (Å²) in [6.45, 7) is 11.0. The monoisotopic (exact) mass is 306 g/mol. The van der Waals surface area contributed by atoms with Gasteiger partial charge in [-0.05, 0) is 52.0 Å². The predicted molar refractivity (Wildman–Crippen MR) is 85.1 cm³/mol. The third-order valence-electron chi connectivity index (χ3n) is 4.14. The molecule has 0 spiro atoms. The number of aryl methyl sites for hydroxylation is 1. The van der Waals surface area contributed by atoms with Gasteiger partial charge in [0.25, 0.3) is 5.91 Å². The van der Waals surface area contributed by atoms with Gasteiger partial charge in [-0.15, -0.1) is 0 Å². The number of hydrogen-bond donors (Lipinski definition) is 1. The fourth-order valence-corrected chi connectivity index (χ4v) is 3.08. The number of aromatic nitrogens is 1. The molecule has 2 rings (SSSR count). The second-order valence-corrected chi connectivity index (χ2v) is 6.58. The van der Waals surface area contributed by atoms with E-state index in [-0.39, 0.29) is 18.0 Å². The van der Waals surface area contributed by atoms with E-state index in [1.807, 2.05) is 18.7 Å². The summed E-state index contributed by atoms with van der Waals surface area (Å²) in [6.07, 6.45) is 2.02. The molecule has 1 saturated heterocycles. The number of H-pyrrole nitrogens is 1. The van der Waals surface area contributed by atoms with Gasteiger partial charge in [0.15, 0.2) is 0 Å². The average molecular weight is 306 g/mol. The van der Waals surface area contributed by atoms with E-state index in [4.69, 9.17) is 4.74 Å². The van der Waals surface area contributed by atoms with Gasteiger partial charge in [-0.3, -0.25) is 4.79 Å². The van der Waals surface area contributed by atoms with Crippen LogP contribution in [0.4, 0.5) is 0 Å². The van der Waals surface area contributed by atoms with Crippen molar-refractivity contribution in [2.24, 2.45) is 5.92 Å². The Morgan fingerprint density at radius 3 is 2.59 bits per heavy atom. The van der Waals surface area contributed by atoms with Gasteiger partial charge in [0.05, 0.1) is 11.7 Å². The van der Waals surface area contributed by atoms with Crippen LogP contribution in [0.1, 0.15) is 65.7 Å². The molecule has 1 N–H and O–H groups in total. The molecule has 22 heavy (non-hydrogen) atoms. The van der Waals surface area contributed by atoms with Crippen molar-refractivity contribution in [3.05, 3.63) is 22.5 Å².